The van der Waals surface area contributed by atoms with Crippen molar-refractivity contribution in [2.24, 2.45) is 0 Å². The molecule has 0 fully saturated rings. The van der Waals surface area contributed by atoms with E-state index in [1.54, 1.807) is 0 Å². The van der Waals surface area contributed by atoms with Crippen molar-refractivity contribution in [2.45, 2.75) is 12.8 Å². The summed E-state index contributed by atoms with van der Waals surface area (Å²) in [6, 6.07) is 1.38. The number of aromatic carboxylic acids is 1. The summed E-state index contributed by atoms with van der Waals surface area (Å²) in [5.74, 6) is -1.21. The lowest BCUT2D eigenvalue weighted by Gasteiger charge is -2.05. The second kappa shape index (κ2) is 6.59. The third-order valence-corrected chi connectivity index (χ3v) is 2.10. The molecule has 0 unspecified atom stereocenters. The number of hydrogen-bond donors (Lipinski definition) is 3. The summed E-state index contributed by atoms with van der Waals surface area (Å²) in [5.41, 5.74) is 0.456. The van der Waals surface area contributed by atoms with Crippen LogP contribution in [-0.4, -0.2) is 35.6 Å². The van der Waals surface area contributed by atoms with Gasteiger partial charge in [-0.15, -0.1) is 0 Å². The van der Waals surface area contributed by atoms with E-state index in [-0.39, 0.29) is 11.5 Å². The van der Waals surface area contributed by atoms with E-state index in [1.807, 2.05) is 7.05 Å². The molecule has 6 heteroatoms. The van der Waals surface area contributed by atoms with E-state index >= 15 is 0 Å². The molecule has 0 spiro atoms. The average molecular weight is 237 g/mol. The number of carbonyl (C=O) groups is 2. The minimum Gasteiger partial charge on any atom is -0.478 e. The SMILES string of the molecule is CNCCCC(=O)Nc1cncc(C(=O)O)c1. The van der Waals surface area contributed by atoms with Gasteiger partial charge in [-0.2, -0.15) is 0 Å². The van der Waals surface area contributed by atoms with Crippen LogP contribution in [-0.2, 0) is 4.79 Å². The van der Waals surface area contributed by atoms with Gasteiger partial charge in [0.05, 0.1) is 17.4 Å². The predicted molar refractivity (Wildman–Crippen MR) is 63.0 cm³/mol. The normalized spacial score (nSPS) is 9.94. The van der Waals surface area contributed by atoms with Gasteiger partial charge >= 0.3 is 5.97 Å². The maximum Gasteiger partial charge on any atom is 0.337 e. The van der Waals surface area contributed by atoms with Gasteiger partial charge in [0.25, 0.3) is 0 Å². The molecule has 0 radical (unpaired) electrons. The van der Waals surface area contributed by atoms with E-state index in [0.717, 1.165) is 13.0 Å². The Morgan fingerprint density at radius 3 is 2.82 bits per heavy atom. The van der Waals surface area contributed by atoms with Crippen LogP contribution in [0.5, 0.6) is 0 Å². The summed E-state index contributed by atoms with van der Waals surface area (Å²) in [4.78, 5) is 25.9. The zero-order valence-electron chi connectivity index (χ0n) is 9.56. The first-order chi connectivity index (χ1) is 8.13. The van der Waals surface area contributed by atoms with Gasteiger partial charge in [-0.25, -0.2) is 4.79 Å². The number of carboxylic acids is 1. The number of pyridine rings is 1. The van der Waals surface area contributed by atoms with Crippen molar-refractivity contribution in [3.05, 3.63) is 24.0 Å². The molecule has 0 saturated carbocycles. The molecule has 0 aromatic carbocycles. The fraction of sp³-hybridized carbons (Fsp3) is 0.364. The number of hydrogen-bond acceptors (Lipinski definition) is 4. The van der Waals surface area contributed by atoms with E-state index in [0.29, 0.717) is 12.1 Å². The molecule has 92 valence electrons. The molecular formula is C11H15N3O3. The van der Waals surface area contributed by atoms with Gasteiger partial charge in [0.1, 0.15) is 0 Å². The number of nitrogens with zero attached hydrogens (tertiary/aromatic N) is 1. The monoisotopic (exact) mass is 237 g/mol. The van der Waals surface area contributed by atoms with Gasteiger partial charge in [0.15, 0.2) is 0 Å². The maximum absolute atomic E-state index is 11.5. The number of nitrogens with one attached hydrogen (secondary N) is 2. The van der Waals surface area contributed by atoms with Gasteiger partial charge in [-0.05, 0) is 26.1 Å². The van der Waals surface area contributed by atoms with Crippen LogP contribution >= 0.6 is 0 Å². The van der Waals surface area contributed by atoms with Crippen molar-refractivity contribution < 1.29 is 14.7 Å². The highest BCUT2D eigenvalue weighted by Gasteiger charge is 2.06. The molecule has 0 bridgehead atoms. The van der Waals surface area contributed by atoms with Gasteiger partial charge in [0, 0.05) is 12.6 Å². The molecule has 6 nitrogen and oxygen atoms in total. The number of rotatable bonds is 6. The third-order valence-electron chi connectivity index (χ3n) is 2.10. The van der Waals surface area contributed by atoms with Crippen molar-refractivity contribution in [3.63, 3.8) is 0 Å². The van der Waals surface area contributed by atoms with Crippen molar-refractivity contribution in [2.75, 3.05) is 18.9 Å². The minimum absolute atomic E-state index is 0.0537. The number of amides is 1. The van der Waals surface area contributed by atoms with Gasteiger partial charge < -0.3 is 15.7 Å². The highest BCUT2D eigenvalue weighted by molar-refractivity contribution is 5.93. The summed E-state index contributed by atoms with van der Waals surface area (Å²) in [5, 5.41) is 14.3. The van der Waals surface area contributed by atoms with Crippen LogP contribution < -0.4 is 10.6 Å². The fourth-order valence-corrected chi connectivity index (χ4v) is 1.27. The van der Waals surface area contributed by atoms with Crippen LogP contribution in [0.1, 0.15) is 23.2 Å². The van der Waals surface area contributed by atoms with Crippen molar-refractivity contribution in [1.29, 1.82) is 0 Å². The Bertz CT molecular complexity index is 407. The van der Waals surface area contributed by atoms with Gasteiger partial charge in [-0.1, -0.05) is 0 Å². The number of anilines is 1. The lowest BCUT2D eigenvalue weighted by atomic mass is 10.2. The van der Waals surface area contributed by atoms with E-state index in [4.69, 9.17) is 5.11 Å². The Kier molecular flexibility index (Phi) is 5.09. The van der Waals surface area contributed by atoms with Crippen LogP contribution in [0.4, 0.5) is 5.69 Å². The number of aromatic nitrogens is 1. The molecule has 0 aliphatic carbocycles. The maximum atomic E-state index is 11.5. The molecule has 1 aromatic rings. The lowest BCUT2D eigenvalue weighted by Crippen LogP contribution is -2.15. The number of carbonyl (C=O) groups excluding carboxylic acids is 1. The highest BCUT2D eigenvalue weighted by Crippen LogP contribution is 2.08. The fourth-order valence-electron chi connectivity index (χ4n) is 1.27. The predicted octanol–water partition coefficient (Wildman–Crippen LogP) is 0.718. The Labute approximate surface area is 99.1 Å². The van der Waals surface area contributed by atoms with E-state index in [2.05, 4.69) is 15.6 Å². The first-order valence-electron chi connectivity index (χ1n) is 5.26. The van der Waals surface area contributed by atoms with E-state index in [1.165, 1.54) is 18.5 Å². The van der Waals surface area contributed by atoms with Gasteiger partial charge in [-0.3, -0.25) is 9.78 Å². The topological polar surface area (TPSA) is 91.3 Å². The zero-order valence-corrected chi connectivity index (χ0v) is 9.56. The van der Waals surface area contributed by atoms with E-state index < -0.39 is 5.97 Å². The smallest absolute Gasteiger partial charge is 0.337 e. The summed E-state index contributed by atoms with van der Waals surface area (Å²) >= 11 is 0. The first kappa shape index (κ1) is 13.1. The molecule has 1 amide bonds. The molecule has 0 atom stereocenters. The standard InChI is InChI=1S/C11H15N3O3/c1-12-4-2-3-10(15)14-9-5-8(11(16)17)6-13-7-9/h5-7,12H,2-4H2,1H3,(H,14,15)(H,16,17). The molecule has 1 rings (SSSR count). The molecule has 17 heavy (non-hydrogen) atoms. The van der Waals surface area contributed by atoms with Crippen LogP contribution in [0.15, 0.2) is 18.5 Å². The molecular weight excluding hydrogens is 222 g/mol. The second-order valence-corrected chi connectivity index (χ2v) is 3.52. The summed E-state index contributed by atoms with van der Waals surface area (Å²) in [7, 11) is 1.82. The van der Waals surface area contributed by atoms with Crippen LogP contribution in [0.2, 0.25) is 0 Å². The lowest BCUT2D eigenvalue weighted by molar-refractivity contribution is -0.116. The molecule has 0 aliphatic rings. The van der Waals surface area contributed by atoms with Crippen molar-refractivity contribution >= 4 is 17.6 Å². The second-order valence-electron chi connectivity index (χ2n) is 3.52. The largest absolute Gasteiger partial charge is 0.478 e. The average Bonchev–Trinajstić information content (AvgIpc) is 2.29. The molecule has 3 N–H and O–H groups in total. The minimum atomic E-state index is -1.07. The quantitative estimate of drug-likeness (QED) is 0.634. The molecule has 0 aliphatic heterocycles. The third kappa shape index (κ3) is 4.60. The van der Waals surface area contributed by atoms with Crippen LogP contribution in [0, 0.1) is 0 Å². The molecule has 1 aromatic heterocycles. The van der Waals surface area contributed by atoms with Crippen LogP contribution in [0.3, 0.4) is 0 Å². The Morgan fingerprint density at radius 1 is 1.41 bits per heavy atom. The van der Waals surface area contributed by atoms with Gasteiger partial charge in [0.2, 0.25) is 5.91 Å². The summed E-state index contributed by atoms with van der Waals surface area (Å²) < 4.78 is 0. The zero-order chi connectivity index (χ0) is 12.7. The Balaban J connectivity index is 2.53. The first-order valence-corrected chi connectivity index (χ1v) is 5.26. The van der Waals surface area contributed by atoms with E-state index in [9.17, 15) is 9.59 Å². The van der Waals surface area contributed by atoms with Crippen LogP contribution in [0.25, 0.3) is 0 Å². The summed E-state index contributed by atoms with van der Waals surface area (Å²) in [6.07, 6.45) is 3.77. The Morgan fingerprint density at radius 2 is 2.18 bits per heavy atom. The van der Waals surface area contributed by atoms with Crippen molar-refractivity contribution in [3.8, 4) is 0 Å². The Hall–Kier alpha value is -1.95. The summed E-state index contributed by atoms with van der Waals surface area (Å²) in [6.45, 7) is 0.765. The van der Waals surface area contributed by atoms with Crippen molar-refractivity contribution in [1.82, 2.24) is 10.3 Å². The number of carboxylic acid groups (broad SMARTS) is 1. The molecule has 0 saturated heterocycles. The highest BCUT2D eigenvalue weighted by atomic mass is 16.4. The molecule has 1 heterocycles.